The summed E-state index contributed by atoms with van der Waals surface area (Å²) in [6, 6.07) is 14.5. The Morgan fingerprint density at radius 1 is 1.10 bits per heavy atom. The molecule has 0 bridgehead atoms. The average molecular weight is 415 g/mol. The van der Waals surface area contributed by atoms with Crippen molar-refractivity contribution in [2.75, 3.05) is 0 Å². The minimum atomic E-state index is -0.473. The summed E-state index contributed by atoms with van der Waals surface area (Å²) >= 11 is 0. The van der Waals surface area contributed by atoms with E-state index in [1.807, 2.05) is 31.2 Å². The van der Waals surface area contributed by atoms with Gasteiger partial charge in [0, 0.05) is 11.9 Å². The van der Waals surface area contributed by atoms with Crippen LogP contribution in [0, 0.1) is 0 Å². The van der Waals surface area contributed by atoms with Crippen molar-refractivity contribution in [2.24, 2.45) is 5.10 Å². The van der Waals surface area contributed by atoms with Gasteiger partial charge in [-0.2, -0.15) is 15.3 Å². The van der Waals surface area contributed by atoms with Crippen molar-refractivity contribution in [3.05, 3.63) is 82.8 Å². The van der Waals surface area contributed by atoms with Crippen molar-refractivity contribution >= 4 is 22.4 Å². The zero-order valence-electron chi connectivity index (χ0n) is 17.2. The van der Waals surface area contributed by atoms with Crippen LogP contribution in [0.25, 0.3) is 16.5 Å². The lowest BCUT2D eigenvalue weighted by molar-refractivity contribution is 0.0949. The first-order valence-corrected chi connectivity index (χ1v) is 9.88. The van der Waals surface area contributed by atoms with E-state index in [9.17, 15) is 9.59 Å². The third-order valence-electron chi connectivity index (χ3n) is 4.81. The molecule has 0 spiro atoms. The van der Waals surface area contributed by atoms with Gasteiger partial charge in [0.15, 0.2) is 5.69 Å². The van der Waals surface area contributed by atoms with Gasteiger partial charge in [-0.1, -0.05) is 37.3 Å². The topological polar surface area (TPSA) is 107 Å². The molecule has 0 fully saturated rings. The van der Waals surface area contributed by atoms with Crippen molar-refractivity contribution in [1.29, 1.82) is 0 Å². The maximum Gasteiger partial charge on any atom is 0.292 e. The molecular formula is C22H21N7O2. The van der Waals surface area contributed by atoms with Crippen LogP contribution in [-0.2, 0) is 6.54 Å². The number of aryl methyl sites for hydroxylation is 1. The standard InChI is InChI=1S/C22H21N7O2/c1-3-12-28-22(31)19-7-5-4-6-18(19)20(27-28)21(30)26-25-15(2)16-8-10-17(11-9-16)29-14-23-13-24-29/h4-11,13-14H,3,12H2,1-2H3,(H,26,30)/b25-15+. The fourth-order valence-corrected chi connectivity index (χ4v) is 3.22. The molecule has 0 unspecified atom stereocenters. The summed E-state index contributed by atoms with van der Waals surface area (Å²) in [7, 11) is 0. The molecule has 0 saturated carbocycles. The predicted octanol–water partition coefficient (Wildman–Crippen LogP) is 2.54. The molecule has 31 heavy (non-hydrogen) atoms. The monoisotopic (exact) mass is 415 g/mol. The Kier molecular flexibility index (Phi) is 5.65. The highest BCUT2D eigenvalue weighted by Gasteiger charge is 2.16. The summed E-state index contributed by atoms with van der Waals surface area (Å²) in [6.07, 6.45) is 3.82. The summed E-state index contributed by atoms with van der Waals surface area (Å²) in [6.45, 7) is 4.18. The van der Waals surface area contributed by atoms with Gasteiger partial charge in [0.25, 0.3) is 11.5 Å². The molecule has 2 aromatic carbocycles. The van der Waals surface area contributed by atoms with E-state index in [0.29, 0.717) is 23.0 Å². The highest BCUT2D eigenvalue weighted by molar-refractivity contribution is 6.06. The highest BCUT2D eigenvalue weighted by Crippen LogP contribution is 2.14. The zero-order valence-corrected chi connectivity index (χ0v) is 17.2. The van der Waals surface area contributed by atoms with Crippen molar-refractivity contribution in [1.82, 2.24) is 30.0 Å². The quantitative estimate of drug-likeness (QED) is 0.385. The van der Waals surface area contributed by atoms with Crippen LogP contribution in [0.1, 0.15) is 36.3 Å². The maximum atomic E-state index is 12.9. The molecule has 4 aromatic rings. The van der Waals surface area contributed by atoms with Gasteiger partial charge in [0.1, 0.15) is 12.7 Å². The molecule has 9 heteroatoms. The lowest BCUT2D eigenvalue weighted by Crippen LogP contribution is -2.29. The molecular weight excluding hydrogens is 394 g/mol. The van der Waals surface area contributed by atoms with Crippen LogP contribution in [0.4, 0.5) is 0 Å². The van der Waals surface area contributed by atoms with Crippen LogP contribution < -0.4 is 11.0 Å². The molecule has 1 amide bonds. The summed E-state index contributed by atoms with van der Waals surface area (Å²) in [4.78, 5) is 29.4. The molecule has 0 aliphatic carbocycles. The van der Waals surface area contributed by atoms with E-state index in [1.54, 1.807) is 42.2 Å². The molecule has 2 heterocycles. The summed E-state index contributed by atoms with van der Waals surface area (Å²) in [5.74, 6) is -0.473. The Hall–Kier alpha value is -4.14. The summed E-state index contributed by atoms with van der Waals surface area (Å²) in [5.41, 5.74) is 4.87. The lowest BCUT2D eigenvalue weighted by Gasteiger charge is -2.10. The molecule has 1 N–H and O–H groups in total. The van der Waals surface area contributed by atoms with Gasteiger partial charge >= 0.3 is 0 Å². The SMILES string of the molecule is CCCn1nc(C(=O)N/N=C(\C)c2ccc(-n3cncn3)cc2)c2ccccc2c1=O. The highest BCUT2D eigenvalue weighted by atomic mass is 16.2. The van der Waals surface area contributed by atoms with Gasteiger partial charge in [-0.05, 0) is 37.1 Å². The van der Waals surface area contributed by atoms with Crippen LogP contribution in [0.15, 0.2) is 71.1 Å². The second-order valence-corrected chi connectivity index (χ2v) is 6.95. The normalized spacial score (nSPS) is 11.6. The van der Waals surface area contributed by atoms with Gasteiger partial charge in [-0.15, -0.1) is 0 Å². The van der Waals surface area contributed by atoms with E-state index in [-0.39, 0.29) is 11.3 Å². The van der Waals surface area contributed by atoms with Crippen molar-refractivity contribution in [3.8, 4) is 5.69 Å². The van der Waals surface area contributed by atoms with Gasteiger partial charge in [0.05, 0.1) is 16.8 Å². The molecule has 0 aliphatic heterocycles. The fraction of sp³-hybridized carbons (Fsp3) is 0.182. The molecule has 0 radical (unpaired) electrons. The predicted molar refractivity (Wildman–Crippen MR) is 117 cm³/mol. The van der Waals surface area contributed by atoms with Crippen molar-refractivity contribution in [2.45, 2.75) is 26.8 Å². The number of amides is 1. The van der Waals surface area contributed by atoms with Crippen LogP contribution in [0.2, 0.25) is 0 Å². The Morgan fingerprint density at radius 2 is 1.84 bits per heavy atom. The van der Waals surface area contributed by atoms with Gasteiger partial charge in [-0.25, -0.2) is 19.8 Å². The Balaban J connectivity index is 1.59. The number of carbonyl (C=O) groups is 1. The molecule has 2 aromatic heterocycles. The summed E-state index contributed by atoms with van der Waals surface area (Å²) in [5, 5.41) is 13.6. The minimum Gasteiger partial charge on any atom is -0.267 e. The van der Waals surface area contributed by atoms with E-state index < -0.39 is 5.91 Å². The Bertz CT molecular complexity index is 1310. The van der Waals surface area contributed by atoms with Gasteiger partial charge in [0.2, 0.25) is 0 Å². The summed E-state index contributed by atoms with van der Waals surface area (Å²) < 4.78 is 2.98. The van der Waals surface area contributed by atoms with Crippen LogP contribution in [-0.4, -0.2) is 36.2 Å². The second-order valence-electron chi connectivity index (χ2n) is 6.95. The smallest absolute Gasteiger partial charge is 0.267 e. The lowest BCUT2D eigenvalue weighted by atomic mass is 10.1. The van der Waals surface area contributed by atoms with E-state index >= 15 is 0 Å². The van der Waals surface area contributed by atoms with E-state index in [4.69, 9.17) is 0 Å². The van der Waals surface area contributed by atoms with E-state index in [1.165, 1.54) is 11.0 Å². The number of rotatable bonds is 6. The number of carbonyl (C=O) groups excluding carboxylic acids is 1. The van der Waals surface area contributed by atoms with E-state index in [2.05, 4.69) is 25.7 Å². The van der Waals surface area contributed by atoms with Crippen LogP contribution in [0.5, 0.6) is 0 Å². The van der Waals surface area contributed by atoms with Crippen LogP contribution in [0.3, 0.4) is 0 Å². The minimum absolute atomic E-state index is 0.168. The third kappa shape index (κ3) is 4.11. The second kappa shape index (κ2) is 8.70. The largest absolute Gasteiger partial charge is 0.292 e. The molecule has 0 atom stereocenters. The molecule has 0 aliphatic rings. The first-order valence-electron chi connectivity index (χ1n) is 9.88. The molecule has 4 rings (SSSR count). The third-order valence-corrected chi connectivity index (χ3v) is 4.81. The first kappa shape index (κ1) is 20.1. The number of nitrogens with one attached hydrogen (secondary N) is 1. The number of aromatic nitrogens is 5. The van der Waals surface area contributed by atoms with Gasteiger partial charge in [-0.3, -0.25) is 9.59 Å². The van der Waals surface area contributed by atoms with E-state index in [0.717, 1.165) is 17.7 Å². The Morgan fingerprint density at radius 3 is 2.52 bits per heavy atom. The van der Waals surface area contributed by atoms with Crippen molar-refractivity contribution < 1.29 is 4.79 Å². The Labute approximate surface area is 178 Å². The average Bonchev–Trinajstić information content (AvgIpc) is 3.34. The van der Waals surface area contributed by atoms with Crippen molar-refractivity contribution in [3.63, 3.8) is 0 Å². The number of fused-ring (bicyclic) bond motifs is 1. The fourth-order valence-electron chi connectivity index (χ4n) is 3.22. The first-order chi connectivity index (χ1) is 15.1. The molecule has 156 valence electrons. The van der Waals surface area contributed by atoms with Gasteiger partial charge < -0.3 is 0 Å². The van der Waals surface area contributed by atoms with Crippen LogP contribution >= 0.6 is 0 Å². The zero-order chi connectivity index (χ0) is 21.8. The molecule has 0 saturated heterocycles. The number of hydrazone groups is 1. The number of nitrogens with zero attached hydrogens (tertiary/aromatic N) is 6. The molecule has 9 nitrogen and oxygen atoms in total. The maximum absolute atomic E-state index is 12.9. The number of benzene rings is 2. The number of hydrogen-bond acceptors (Lipinski definition) is 6. The number of hydrogen-bond donors (Lipinski definition) is 1.